The molecule has 3 aliphatic carbocycles. The third kappa shape index (κ3) is 2.46. The zero-order valence-corrected chi connectivity index (χ0v) is 15.5. The smallest absolute Gasteiger partial charge is 0.311 e. The van der Waals surface area contributed by atoms with Crippen molar-refractivity contribution in [3.8, 4) is 0 Å². The van der Waals surface area contributed by atoms with E-state index in [1.165, 1.54) is 25.5 Å². The molecule has 3 nitrogen and oxygen atoms in total. The van der Waals surface area contributed by atoms with Crippen molar-refractivity contribution in [1.29, 1.82) is 0 Å². The Morgan fingerprint density at radius 2 is 2.04 bits per heavy atom. The first kappa shape index (κ1) is 17.7. The van der Waals surface area contributed by atoms with Gasteiger partial charge in [-0.1, -0.05) is 25.5 Å². The molecule has 0 bridgehead atoms. The Balaban J connectivity index is 1.94. The summed E-state index contributed by atoms with van der Waals surface area (Å²) >= 11 is 0. The van der Waals surface area contributed by atoms with Gasteiger partial charge in [-0.2, -0.15) is 0 Å². The van der Waals surface area contributed by atoms with Crippen molar-refractivity contribution in [3.05, 3.63) is 12.2 Å². The summed E-state index contributed by atoms with van der Waals surface area (Å²) in [6, 6.07) is 0. The molecule has 6 unspecified atom stereocenters. The molecule has 3 fully saturated rings. The fourth-order valence-corrected chi connectivity index (χ4v) is 6.83. The minimum absolute atomic E-state index is 0.0264. The average molecular weight is 332 g/mol. The van der Waals surface area contributed by atoms with Crippen molar-refractivity contribution in [2.24, 2.45) is 34.5 Å². The number of methoxy groups -OCH3 is 1. The van der Waals surface area contributed by atoms with E-state index in [1.54, 1.807) is 0 Å². The molecule has 134 valence electrons. The van der Waals surface area contributed by atoms with E-state index in [2.05, 4.69) is 20.4 Å². The van der Waals surface area contributed by atoms with Gasteiger partial charge in [-0.15, -0.1) is 0 Å². The quantitative estimate of drug-likeness (QED) is 0.432. The molecule has 6 atom stereocenters. The van der Waals surface area contributed by atoms with Gasteiger partial charge in [0.15, 0.2) is 0 Å². The molecule has 3 rings (SSSR count). The molecule has 0 spiro atoms. The molecule has 0 aliphatic heterocycles. The van der Waals surface area contributed by atoms with E-state index in [0.717, 1.165) is 38.4 Å². The second-order valence-electron chi connectivity index (χ2n) is 8.87. The predicted molar refractivity (Wildman–Crippen MR) is 94.3 cm³/mol. The lowest BCUT2D eigenvalue weighted by Gasteiger charge is -2.61. The fourth-order valence-electron chi connectivity index (χ4n) is 6.83. The largest absolute Gasteiger partial charge is 0.469 e. The number of hydrogen-bond acceptors (Lipinski definition) is 3. The van der Waals surface area contributed by atoms with Crippen molar-refractivity contribution in [1.82, 2.24) is 0 Å². The van der Waals surface area contributed by atoms with Crippen molar-refractivity contribution in [2.45, 2.75) is 65.2 Å². The second-order valence-corrected chi connectivity index (χ2v) is 8.87. The number of hydrogen-bond donors (Lipinski definition) is 0. The Kier molecular flexibility index (Phi) is 4.65. The Labute approximate surface area is 146 Å². The minimum atomic E-state index is -0.346. The summed E-state index contributed by atoms with van der Waals surface area (Å²) in [4.78, 5) is 23.8. The highest BCUT2D eigenvalue weighted by Crippen LogP contribution is 2.65. The van der Waals surface area contributed by atoms with Gasteiger partial charge in [0.2, 0.25) is 0 Å². The Morgan fingerprint density at radius 1 is 1.29 bits per heavy atom. The minimum Gasteiger partial charge on any atom is -0.469 e. The number of carbonyl (C=O) groups is 2. The Bertz CT molecular complexity index is 539. The van der Waals surface area contributed by atoms with Crippen molar-refractivity contribution < 1.29 is 14.3 Å². The summed E-state index contributed by atoms with van der Waals surface area (Å²) < 4.78 is 5.20. The van der Waals surface area contributed by atoms with E-state index in [9.17, 15) is 9.59 Å². The van der Waals surface area contributed by atoms with Crippen molar-refractivity contribution in [3.63, 3.8) is 0 Å². The molecule has 0 aromatic carbocycles. The third-order valence-electron chi connectivity index (χ3n) is 7.95. The van der Waals surface area contributed by atoms with Crippen LogP contribution in [0.25, 0.3) is 0 Å². The molecule has 0 radical (unpaired) electrons. The van der Waals surface area contributed by atoms with Gasteiger partial charge in [0, 0.05) is 6.42 Å². The first-order valence-corrected chi connectivity index (χ1v) is 9.58. The van der Waals surface area contributed by atoms with Gasteiger partial charge in [0.25, 0.3) is 0 Å². The lowest BCUT2D eigenvalue weighted by molar-refractivity contribution is -0.176. The molecule has 0 amide bonds. The van der Waals surface area contributed by atoms with Crippen LogP contribution < -0.4 is 0 Å². The fraction of sp³-hybridized carbons (Fsp3) is 0.810. The lowest BCUT2D eigenvalue weighted by atomic mass is 9.43. The number of fused-ring (bicyclic) bond motifs is 3. The number of aldehydes is 1. The van der Waals surface area contributed by atoms with Crippen LogP contribution >= 0.6 is 0 Å². The summed E-state index contributed by atoms with van der Waals surface area (Å²) in [5, 5.41) is 0. The molecule has 3 aliphatic rings. The third-order valence-corrected chi connectivity index (χ3v) is 7.95. The van der Waals surface area contributed by atoms with E-state index >= 15 is 0 Å². The first-order valence-electron chi connectivity index (χ1n) is 9.58. The maximum absolute atomic E-state index is 12.6. The van der Waals surface area contributed by atoms with Crippen LogP contribution in [0.4, 0.5) is 0 Å². The molecule has 3 saturated carbocycles. The standard InChI is InChI=1S/C21H32O3/c1-14-6-8-17-16(15(14)10-13-22)7-9-18-20(17,2)11-5-12-21(18,3)19(23)24-4/h13,15-18H,1,5-12H2,2-4H3. The van der Waals surface area contributed by atoms with Gasteiger partial charge in [0.1, 0.15) is 6.29 Å². The summed E-state index contributed by atoms with van der Waals surface area (Å²) in [5.74, 6) is 1.90. The van der Waals surface area contributed by atoms with Crippen LogP contribution in [0.5, 0.6) is 0 Å². The summed E-state index contributed by atoms with van der Waals surface area (Å²) in [6.07, 6.45) is 9.34. The maximum atomic E-state index is 12.6. The maximum Gasteiger partial charge on any atom is 0.311 e. The van der Waals surface area contributed by atoms with Crippen LogP contribution in [-0.2, 0) is 14.3 Å². The molecule has 0 aromatic rings. The van der Waals surface area contributed by atoms with Crippen molar-refractivity contribution >= 4 is 12.3 Å². The molecular formula is C21H32O3. The molecule has 0 aromatic heterocycles. The molecule has 0 saturated heterocycles. The number of esters is 1. The van der Waals surface area contributed by atoms with Crippen LogP contribution in [0.1, 0.15) is 65.2 Å². The number of allylic oxidation sites excluding steroid dienone is 1. The van der Waals surface area contributed by atoms with E-state index in [4.69, 9.17) is 4.74 Å². The number of rotatable bonds is 3. The van der Waals surface area contributed by atoms with Gasteiger partial charge in [-0.05, 0) is 74.5 Å². The summed E-state index contributed by atoms with van der Waals surface area (Å²) in [5.41, 5.74) is 1.12. The van der Waals surface area contributed by atoms with Crippen molar-refractivity contribution in [2.75, 3.05) is 7.11 Å². The molecular weight excluding hydrogens is 300 g/mol. The molecule has 3 heteroatoms. The topological polar surface area (TPSA) is 43.4 Å². The average Bonchev–Trinajstić information content (AvgIpc) is 2.56. The zero-order valence-electron chi connectivity index (χ0n) is 15.5. The van der Waals surface area contributed by atoms with Crippen LogP contribution in [0.3, 0.4) is 0 Å². The number of ether oxygens (including phenoxy) is 1. The highest BCUT2D eigenvalue weighted by Gasteiger charge is 2.60. The highest BCUT2D eigenvalue weighted by atomic mass is 16.5. The van der Waals surface area contributed by atoms with Crippen LogP contribution in [0, 0.1) is 34.5 Å². The van der Waals surface area contributed by atoms with E-state index in [0.29, 0.717) is 30.1 Å². The van der Waals surface area contributed by atoms with Crippen LogP contribution in [-0.4, -0.2) is 19.4 Å². The summed E-state index contributed by atoms with van der Waals surface area (Å²) in [6.45, 7) is 8.82. The first-order chi connectivity index (χ1) is 11.4. The number of carbonyl (C=O) groups excluding carboxylic acids is 2. The Morgan fingerprint density at radius 3 is 2.71 bits per heavy atom. The molecule has 0 heterocycles. The van der Waals surface area contributed by atoms with Crippen LogP contribution in [0.2, 0.25) is 0 Å². The predicted octanol–water partition coefficient (Wildman–Crippen LogP) is 4.55. The zero-order chi connectivity index (χ0) is 17.5. The van der Waals surface area contributed by atoms with E-state index in [1.807, 2.05) is 0 Å². The SMILES string of the molecule is C=C1CCC2C(CCC3C(C)(C(=O)OC)CCCC23C)C1CC=O. The molecule has 24 heavy (non-hydrogen) atoms. The second kappa shape index (κ2) is 6.31. The van der Waals surface area contributed by atoms with Gasteiger partial charge < -0.3 is 9.53 Å². The highest BCUT2D eigenvalue weighted by molar-refractivity contribution is 5.77. The van der Waals surface area contributed by atoms with Gasteiger partial charge in [-0.25, -0.2) is 0 Å². The van der Waals surface area contributed by atoms with Gasteiger partial charge >= 0.3 is 5.97 Å². The van der Waals surface area contributed by atoms with Gasteiger partial charge in [-0.3, -0.25) is 4.79 Å². The van der Waals surface area contributed by atoms with Gasteiger partial charge in [0.05, 0.1) is 12.5 Å². The Hall–Kier alpha value is -1.12. The normalized spacial score (nSPS) is 45.0. The lowest BCUT2D eigenvalue weighted by Crippen LogP contribution is -2.57. The molecule has 0 N–H and O–H groups in total. The van der Waals surface area contributed by atoms with E-state index in [-0.39, 0.29) is 16.8 Å². The van der Waals surface area contributed by atoms with Crippen LogP contribution in [0.15, 0.2) is 12.2 Å². The summed E-state index contributed by atoms with van der Waals surface area (Å²) in [7, 11) is 1.52. The monoisotopic (exact) mass is 332 g/mol. The van der Waals surface area contributed by atoms with E-state index < -0.39 is 0 Å².